The van der Waals surface area contributed by atoms with Crippen molar-refractivity contribution in [3.05, 3.63) is 85.0 Å². The molecule has 0 aliphatic heterocycles. The molecule has 7 heteroatoms. The summed E-state index contributed by atoms with van der Waals surface area (Å²) in [5.74, 6) is -1.05. The quantitative estimate of drug-likeness (QED) is 0.164. The molecule has 2 aromatic rings. The van der Waals surface area contributed by atoms with Crippen LogP contribution < -0.4 is 0 Å². The summed E-state index contributed by atoms with van der Waals surface area (Å²) >= 11 is 2.74. The number of thioether (sulfide) groups is 2. The molecule has 0 saturated carbocycles. The first-order valence-corrected chi connectivity index (χ1v) is 10.8. The number of rotatable bonds is 10. The first-order valence-electron chi connectivity index (χ1n) is 9.06. The van der Waals surface area contributed by atoms with Crippen molar-refractivity contribution in [2.24, 2.45) is 0 Å². The average Bonchev–Trinajstić information content (AvgIpc) is 2.74. The van der Waals surface area contributed by atoms with Crippen LogP contribution >= 0.6 is 23.5 Å². The van der Waals surface area contributed by atoms with E-state index >= 15 is 0 Å². The van der Waals surface area contributed by atoms with Crippen LogP contribution in [0.4, 0.5) is 0 Å². The lowest BCUT2D eigenvalue weighted by atomic mass is 10.0. The Kier molecular flexibility index (Phi) is 8.95. The fraction of sp³-hybridized carbons (Fsp3) is 0.174. The molecule has 0 radical (unpaired) electrons. The van der Waals surface area contributed by atoms with Crippen LogP contribution in [0.25, 0.3) is 0 Å². The SMILES string of the molecule is C=CC(=O)OC(C)Sc1ccc(C(=O)c2ccc(SC(C)OC(=O)C=C)cc2)cc1. The maximum Gasteiger partial charge on any atom is 0.331 e. The molecule has 0 aromatic heterocycles. The zero-order valence-corrected chi connectivity index (χ0v) is 18.3. The first kappa shape index (κ1) is 23.5. The fourth-order valence-electron chi connectivity index (χ4n) is 2.39. The van der Waals surface area contributed by atoms with Crippen LogP contribution in [0.2, 0.25) is 0 Å². The van der Waals surface area contributed by atoms with Gasteiger partial charge in [-0.3, -0.25) is 4.79 Å². The van der Waals surface area contributed by atoms with Crippen LogP contribution in [0.15, 0.2) is 83.6 Å². The lowest BCUT2D eigenvalue weighted by Crippen LogP contribution is -2.09. The van der Waals surface area contributed by atoms with E-state index in [0.717, 1.165) is 21.9 Å². The Labute approximate surface area is 184 Å². The monoisotopic (exact) mass is 442 g/mol. The van der Waals surface area contributed by atoms with E-state index in [1.807, 2.05) is 24.3 Å². The summed E-state index contributed by atoms with van der Waals surface area (Å²) in [6.07, 6.45) is 2.24. The molecule has 0 bridgehead atoms. The third-order valence-corrected chi connectivity index (χ3v) is 5.68. The third-order valence-electron chi connectivity index (χ3n) is 3.73. The number of hydrogen-bond acceptors (Lipinski definition) is 7. The standard InChI is InChI=1S/C23H22O5S2/c1-5-21(24)27-15(3)29-19-11-7-17(8-12-19)23(26)18-9-13-20(14-10-18)30-16(4)28-22(25)6-2/h5-16H,1-2H2,3-4H3. The third kappa shape index (κ3) is 7.24. The van der Waals surface area contributed by atoms with E-state index in [4.69, 9.17) is 9.47 Å². The highest BCUT2D eigenvalue weighted by Crippen LogP contribution is 2.27. The Morgan fingerprint density at radius 3 is 1.37 bits per heavy atom. The van der Waals surface area contributed by atoms with Gasteiger partial charge in [-0.25, -0.2) is 9.59 Å². The van der Waals surface area contributed by atoms with Gasteiger partial charge in [-0.15, -0.1) is 0 Å². The molecule has 30 heavy (non-hydrogen) atoms. The molecule has 0 N–H and O–H groups in total. The predicted molar refractivity (Wildman–Crippen MR) is 120 cm³/mol. The van der Waals surface area contributed by atoms with Crippen LogP contribution in [0.5, 0.6) is 0 Å². The van der Waals surface area contributed by atoms with Gasteiger partial charge in [0.25, 0.3) is 0 Å². The molecule has 0 amide bonds. The van der Waals surface area contributed by atoms with E-state index in [1.165, 1.54) is 23.5 Å². The number of carbonyl (C=O) groups excluding carboxylic acids is 3. The van der Waals surface area contributed by atoms with Crippen molar-refractivity contribution in [2.75, 3.05) is 0 Å². The molecule has 0 aliphatic rings. The fourth-order valence-corrected chi connectivity index (χ4v) is 4.03. The maximum absolute atomic E-state index is 12.7. The molecule has 2 unspecified atom stereocenters. The minimum Gasteiger partial charge on any atom is -0.448 e. The lowest BCUT2D eigenvalue weighted by molar-refractivity contribution is -0.139. The first-order chi connectivity index (χ1) is 14.3. The van der Waals surface area contributed by atoms with Crippen molar-refractivity contribution in [2.45, 2.75) is 34.5 Å². The lowest BCUT2D eigenvalue weighted by Gasteiger charge is -2.12. The van der Waals surface area contributed by atoms with Gasteiger partial charge in [-0.2, -0.15) is 0 Å². The van der Waals surface area contributed by atoms with E-state index < -0.39 is 11.9 Å². The highest BCUT2D eigenvalue weighted by Gasteiger charge is 2.13. The van der Waals surface area contributed by atoms with Crippen LogP contribution in [0.3, 0.4) is 0 Å². The minimum absolute atomic E-state index is 0.0969. The van der Waals surface area contributed by atoms with Gasteiger partial charge >= 0.3 is 11.9 Å². The van der Waals surface area contributed by atoms with Gasteiger partial charge in [0.05, 0.1) is 0 Å². The Hall–Kier alpha value is -2.77. The summed E-state index contributed by atoms with van der Waals surface area (Å²) < 4.78 is 10.2. The summed E-state index contributed by atoms with van der Waals surface area (Å²) in [6.45, 7) is 10.3. The summed E-state index contributed by atoms with van der Waals surface area (Å²) in [7, 11) is 0. The summed E-state index contributed by atoms with van der Waals surface area (Å²) in [5, 5.41) is 0. The van der Waals surface area contributed by atoms with Crippen LogP contribution in [-0.2, 0) is 19.1 Å². The molecule has 5 nitrogen and oxygen atoms in total. The zero-order chi connectivity index (χ0) is 22.1. The molecule has 0 aliphatic carbocycles. The molecule has 0 saturated heterocycles. The number of hydrogen-bond donors (Lipinski definition) is 0. The van der Waals surface area contributed by atoms with Crippen LogP contribution in [0.1, 0.15) is 29.8 Å². The molecule has 2 atom stereocenters. The average molecular weight is 443 g/mol. The van der Waals surface area contributed by atoms with Crippen molar-refractivity contribution in [1.82, 2.24) is 0 Å². The van der Waals surface area contributed by atoms with Gasteiger partial charge in [0.15, 0.2) is 5.78 Å². The van der Waals surface area contributed by atoms with Gasteiger partial charge in [0, 0.05) is 33.1 Å². The molecule has 0 spiro atoms. The Bertz CT molecular complexity index is 844. The van der Waals surface area contributed by atoms with Crippen molar-refractivity contribution in [1.29, 1.82) is 0 Å². The topological polar surface area (TPSA) is 69.7 Å². The van der Waals surface area contributed by atoms with Crippen LogP contribution in [0, 0.1) is 0 Å². The summed E-state index contributed by atoms with van der Waals surface area (Å²) in [6, 6.07) is 14.2. The van der Waals surface area contributed by atoms with Crippen molar-refractivity contribution < 1.29 is 23.9 Å². The second-order valence-corrected chi connectivity index (χ2v) is 8.77. The summed E-state index contributed by atoms with van der Waals surface area (Å²) in [5.41, 5.74) is 0.387. The van der Waals surface area contributed by atoms with E-state index in [0.29, 0.717) is 11.1 Å². The van der Waals surface area contributed by atoms with Crippen molar-refractivity contribution >= 4 is 41.2 Å². The smallest absolute Gasteiger partial charge is 0.331 e. The van der Waals surface area contributed by atoms with Gasteiger partial charge in [-0.1, -0.05) is 36.7 Å². The van der Waals surface area contributed by atoms with Gasteiger partial charge < -0.3 is 9.47 Å². The molecule has 0 fully saturated rings. The molecule has 2 rings (SSSR count). The second-order valence-electron chi connectivity index (χ2n) is 6.03. The highest BCUT2D eigenvalue weighted by atomic mass is 32.2. The van der Waals surface area contributed by atoms with Crippen LogP contribution in [-0.4, -0.2) is 28.6 Å². The number of esters is 2. The summed E-state index contributed by atoms with van der Waals surface area (Å²) in [4.78, 5) is 36.9. The number of carbonyl (C=O) groups is 3. The molecule has 2 aromatic carbocycles. The van der Waals surface area contributed by atoms with E-state index in [2.05, 4.69) is 13.2 Å². The minimum atomic E-state index is -0.475. The molecular formula is C23H22O5S2. The maximum atomic E-state index is 12.7. The van der Waals surface area contributed by atoms with Gasteiger partial charge in [-0.05, 0) is 62.4 Å². The number of benzene rings is 2. The number of ether oxygens (including phenoxy) is 2. The van der Waals surface area contributed by atoms with Crippen molar-refractivity contribution in [3.63, 3.8) is 0 Å². The van der Waals surface area contributed by atoms with Gasteiger partial charge in [0.1, 0.15) is 10.9 Å². The molecule has 156 valence electrons. The Morgan fingerprint density at radius 2 is 1.07 bits per heavy atom. The number of ketones is 1. The van der Waals surface area contributed by atoms with E-state index in [9.17, 15) is 14.4 Å². The largest absolute Gasteiger partial charge is 0.448 e. The zero-order valence-electron chi connectivity index (χ0n) is 16.7. The molecule has 0 heterocycles. The normalized spacial score (nSPS) is 12.3. The molecular weight excluding hydrogens is 420 g/mol. The van der Waals surface area contributed by atoms with E-state index in [-0.39, 0.29) is 16.7 Å². The second kappa shape index (κ2) is 11.4. The van der Waals surface area contributed by atoms with Crippen molar-refractivity contribution in [3.8, 4) is 0 Å². The Morgan fingerprint density at radius 1 is 0.733 bits per heavy atom. The predicted octanol–water partition coefficient (Wildman–Crippen LogP) is 5.25. The van der Waals surface area contributed by atoms with Gasteiger partial charge in [0.2, 0.25) is 0 Å². The van der Waals surface area contributed by atoms with E-state index in [1.54, 1.807) is 38.1 Å². The Balaban J connectivity index is 1.97. The highest BCUT2D eigenvalue weighted by molar-refractivity contribution is 8.00.